The predicted molar refractivity (Wildman–Crippen MR) is 114 cm³/mol. The van der Waals surface area contributed by atoms with E-state index in [0.717, 1.165) is 41.5 Å². The molecular weight excluding hydrogens is 370 g/mol. The highest BCUT2D eigenvalue weighted by Crippen LogP contribution is 2.33. The minimum atomic E-state index is -0.0172. The van der Waals surface area contributed by atoms with E-state index in [0.29, 0.717) is 19.5 Å². The van der Waals surface area contributed by atoms with Gasteiger partial charge in [-0.05, 0) is 30.7 Å². The molecular formula is C22H27N3O2S. The van der Waals surface area contributed by atoms with Crippen molar-refractivity contribution < 1.29 is 9.59 Å². The summed E-state index contributed by atoms with van der Waals surface area (Å²) in [6, 6.07) is 18.0. The monoisotopic (exact) mass is 397 g/mol. The van der Waals surface area contributed by atoms with Crippen molar-refractivity contribution in [2.75, 3.05) is 38.0 Å². The topological polar surface area (TPSA) is 52.7 Å². The van der Waals surface area contributed by atoms with Crippen LogP contribution in [0.15, 0.2) is 64.4 Å². The van der Waals surface area contributed by atoms with Gasteiger partial charge in [-0.3, -0.25) is 14.5 Å². The summed E-state index contributed by atoms with van der Waals surface area (Å²) >= 11 is 1.64. The number of amides is 2. The molecule has 0 bridgehead atoms. The van der Waals surface area contributed by atoms with Crippen LogP contribution in [0, 0.1) is 0 Å². The molecule has 2 amide bonds. The van der Waals surface area contributed by atoms with Crippen molar-refractivity contribution in [1.82, 2.24) is 9.80 Å². The van der Waals surface area contributed by atoms with Crippen LogP contribution in [0.25, 0.3) is 0 Å². The lowest BCUT2D eigenvalue weighted by Crippen LogP contribution is -2.37. The van der Waals surface area contributed by atoms with Gasteiger partial charge in [0.15, 0.2) is 0 Å². The summed E-state index contributed by atoms with van der Waals surface area (Å²) in [5.41, 5.74) is 0.832. The number of anilines is 1. The molecule has 5 nitrogen and oxygen atoms in total. The number of rotatable bonds is 6. The summed E-state index contributed by atoms with van der Waals surface area (Å²) in [6.07, 6.45) is 1.44. The molecule has 6 heteroatoms. The molecule has 2 aromatic carbocycles. The summed E-state index contributed by atoms with van der Waals surface area (Å²) in [6.45, 7) is 5.28. The van der Waals surface area contributed by atoms with E-state index in [4.69, 9.17) is 0 Å². The van der Waals surface area contributed by atoms with E-state index < -0.39 is 0 Å². The number of carbonyl (C=O) groups excluding carboxylic acids is 2. The fraction of sp³-hybridized carbons (Fsp3) is 0.364. The van der Waals surface area contributed by atoms with Gasteiger partial charge in [-0.15, -0.1) is 0 Å². The molecule has 148 valence electrons. The highest BCUT2D eigenvalue weighted by Gasteiger charge is 2.19. The van der Waals surface area contributed by atoms with E-state index in [1.165, 1.54) is 0 Å². The summed E-state index contributed by atoms with van der Waals surface area (Å²) in [5.74, 6) is 0.176. The molecule has 28 heavy (non-hydrogen) atoms. The Morgan fingerprint density at radius 3 is 2.50 bits per heavy atom. The maximum atomic E-state index is 12.6. The van der Waals surface area contributed by atoms with E-state index >= 15 is 0 Å². The first-order chi connectivity index (χ1) is 13.7. The number of nitrogens with zero attached hydrogens (tertiary/aromatic N) is 2. The molecule has 0 aliphatic carbocycles. The Bertz CT molecular complexity index is 797. The number of para-hydroxylation sites is 1. The molecule has 0 saturated carbocycles. The second-order valence-corrected chi connectivity index (χ2v) is 7.94. The highest BCUT2D eigenvalue weighted by molar-refractivity contribution is 7.99. The fourth-order valence-corrected chi connectivity index (χ4v) is 4.19. The molecule has 3 rings (SSSR count). The average molecular weight is 398 g/mol. The first-order valence-corrected chi connectivity index (χ1v) is 10.6. The van der Waals surface area contributed by atoms with Gasteiger partial charge in [-0.1, -0.05) is 49.0 Å². The van der Waals surface area contributed by atoms with Crippen LogP contribution in [0.3, 0.4) is 0 Å². The fourth-order valence-electron chi connectivity index (χ4n) is 3.27. The SMILES string of the molecule is CCC(=O)N1CCCN(CC(=O)Nc2ccccc2Sc2ccccc2)CC1. The number of hydrogen-bond donors (Lipinski definition) is 1. The predicted octanol–water partition coefficient (Wildman–Crippen LogP) is 3.72. The molecule has 2 aromatic rings. The molecule has 0 aromatic heterocycles. The third kappa shape index (κ3) is 5.84. The van der Waals surface area contributed by atoms with Crippen molar-refractivity contribution in [3.05, 3.63) is 54.6 Å². The molecule has 1 fully saturated rings. The van der Waals surface area contributed by atoms with Gasteiger partial charge in [0.1, 0.15) is 0 Å². The first kappa shape index (κ1) is 20.4. The van der Waals surface area contributed by atoms with Crippen LogP contribution < -0.4 is 5.32 Å². The molecule has 1 aliphatic heterocycles. The van der Waals surface area contributed by atoms with E-state index in [2.05, 4.69) is 22.3 Å². The number of nitrogens with one attached hydrogen (secondary N) is 1. The minimum Gasteiger partial charge on any atom is -0.341 e. The third-order valence-corrected chi connectivity index (χ3v) is 5.83. The molecule has 0 atom stereocenters. The van der Waals surface area contributed by atoms with Crippen molar-refractivity contribution in [1.29, 1.82) is 0 Å². The van der Waals surface area contributed by atoms with Crippen LogP contribution in [-0.4, -0.2) is 54.3 Å². The highest BCUT2D eigenvalue weighted by atomic mass is 32.2. The smallest absolute Gasteiger partial charge is 0.238 e. The summed E-state index contributed by atoms with van der Waals surface area (Å²) in [7, 11) is 0. The molecule has 1 aliphatic rings. The molecule has 1 heterocycles. The van der Waals surface area contributed by atoms with E-state index in [9.17, 15) is 9.59 Å². The van der Waals surface area contributed by atoms with Gasteiger partial charge in [-0.2, -0.15) is 0 Å². The standard InChI is InChI=1S/C22H27N3O2S/c1-2-22(27)25-14-8-13-24(15-16-25)17-21(26)23-19-11-6-7-12-20(19)28-18-9-4-3-5-10-18/h3-7,9-12H,2,8,13-17H2,1H3,(H,23,26). The normalized spacial score (nSPS) is 15.1. The lowest BCUT2D eigenvalue weighted by atomic mass is 10.3. The Balaban J connectivity index is 1.57. The van der Waals surface area contributed by atoms with Crippen molar-refractivity contribution in [2.24, 2.45) is 0 Å². The van der Waals surface area contributed by atoms with Crippen LogP contribution in [0.5, 0.6) is 0 Å². The van der Waals surface area contributed by atoms with Gasteiger partial charge in [0.2, 0.25) is 11.8 Å². The number of carbonyl (C=O) groups is 2. The molecule has 1 saturated heterocycles. The second kappa shape index (κ2) is 10.3. The second-order valence-electron chi connectivity index (χ2n) is 6.82. The Kier molecular flexibility index (Phi) is 7.51. The van der Waals surface area contributed by atoms with Crippen molar-refractivity contribution >= 4 is 29.3 Å². The average Bonchev–Trinajstić information content (AvgIpc) is 2.95. The third-order valence-electron chi connectivity index (χ3n) is 4.74. The maximum absolute atomic E-state index is 12.6. The van der Waals surface area contributed by atoms with E-state index in [1.54, 1.807) is 11.8 Å². The van der Waals surface area contributed by atoms with Crippen molar-refractivity contribution in [3.8, 4) is 0 Å². The van der Waals surface area contributed by atoms with Gasteiger partial charge >= 0.3 is 0 Å². The van der Waals surface area contributed by atoms with Gasteiger partial charge in [0.25, 0.3) is 0 Å². The molecule has 0 spiro atoms. The number of hydrogen-bond acceptors (Lipinski definition) is 4. The summed E-state index contributed by atoms with van der Waals surface area (Å²) in [4.78, 5) is 30.7. The lowest BCUT2D eigenvalue weighted by molar-refractivity contribution is -0.130. The van der Waals surface area contributed by atoms with Gasteiger partial charge < -0.3 is 10.2 Å². The van der Waals surface area contributed by atoms with Crippen LogP contribution in [-0.2, 0) is 9.59 Å². The van der Waals surface area contributed by atoms with Gasteiger partial charge in [0, 0.05) is 42.4 Å². The first-order valence-electron chi connectivity index (χ1n) is 9.77. The van der Waals surface area contributed by atoms with Crippen LogP contribution >= 0.6 is 11.8 Å². The molecule has 0 unspecified atom stereocenters. The minimum absolute atomic E-state index is 0.0172. The summed E-state index contributed by atoms with van der Waals surface area (Å²) < 4.78 is 0. The largest absolute Gasteiger partial charge is 0.341 e. The zero-order valence-corrected chi connectivity index (χ0v) is 17.1. The lowest BCUT2D eigenvalue weighted by Gasteiger charge is -2.21. The van der Waals surface area contributed by atoms with Crippen LogP contribution in [0.1, 0.15) is 19.8 Å². The Hall–Kier alpha value is -2.31. The van der Waals surface area contributed by atoms with E-state index in [-0.39, 0.29) is 11.8 Å². The van der Waals surface area contributed by atoms with E-state index in [1.807, 2.05) is 54.3 Å². The van der Waals surface area contributed by atoms with Crippen LogP contribution in [0.2, 0.25) is 0 Å². The van der Waals surface area contributed by atoms with Gasteiger partial charge in [0.05, 0.1) is 12.2 Å². The van der Waals surface area contributed by atoms with Gasteiger partial charge in [-0.25, -0.2) is 0 Å². The number of benzene rings is 2. The molecule has 1 N–H and O–H groups in total. The molecule has 0 radical (unpaired) electrons. The van der Waals surface area contributed by atoms with Crippen molar-refractivity contribution in [3.63, 3.8) is 0 Å². The van der Waals surface area contributed by atoms with Crippen LogP contribution in [0.4, 0.5) is 5.69 Å². The maximum Gasteiger partial charge on any atom is 0.238 e. The zero-order chi connectivity index (χ0) is 19.8. The quantitative estimate of drug-likeness (QED) is 0.807. The Morgan fingerprint density at radius 1 is 0.964 bits per heavy atom. The summed E-state index contributed by atoms with van der Waals surface area (Å²) in [5, 5.41) is 3.06. The Labute approximate surface area is 171 Å². The zero-order valence-electron chi connectivity index (χ0n) is 16.3. The van der Waals surface area contributed by atoms with Crippen molar-refractivity contribution in [2.45, 2.75) is 29.6 Å². The Morgan fingerprint density at radius 2 is 1.71 bits per heavy atom.